The van der Waals surface area contributed by atoms with Crippen LogP contribution >= 0.6 is 23.2 Å². The monoisotopic (exact) mass is 301 g/mol. The lowest BCUT2D eigenvalue weighted by Gasteiger charge is -2.18. The molecule has 20 heavy (non-hydrogen) atoms. The van der Waals surface area contributed by atoms with Gasteiger partial charge in [0, 0.05) is 15.6 Å². The first kappa shape index (κ1) is 13.4. The van der Waals surface area contributed by atoms with E-state index in [1.165, 1.54) is 0 Å². The zero-order valence-corrected chi connectivity index (χ0v) is 12.2. The SMILES string of the molecule is NC(c1c(Cl)cccc1Cl)c1cccc2ccccc12. The second kappa shape index (κ2) is 5.45. The van der Waals surface area contributed by atoms with Crippen LogP contribution in [0, 0.1) is 0 Å². The highest BCUT2D eigenvalue weighted by atomic mass is 35.5. The van der Waals surface area contributed by atoms with E-state index in [1.807, 2.05) is 42.5 Å². The minimum atomic E-state index is -0.345. The van der Waals surface area contributed by atoms with Crippen LogP contribution in [0.4, 0.5) is 0 Å². The van der Waals surface area contributed by atoms with Crippen molar-refractivity contribution in [1.82, 2.24) is 0 Å². The van der Waals surface area contributed by atoms with Gasteiger partial charge in [0.1, 0.15) is 0 Å². The second-order valence-electron chi connectivity index (χ2n) is 4.68. The summed E-state index contributed by atoms with van der Waals surface area (Å²) in [4.78, 5) is 0. The van der Waals surface area contributed by atoms with Crippen LogP contribution in [0.25, 0.3) is 10.8 Å². The third kappa shape index (κ3) is 2.29. The summed E-state index contributed by atoms with van der Waals surface area (Å²) in [6.45, 7) is 0. The lowest BCUT2D eigenvalue weighted by Crippen LogP contribution is -2.13. The number of hydrogen-bond donors (Lipinski definition) is 1. The van der Waals surface area contributed by atoms with Crippen molar-refractivity contribution < 1.29 is 0 Å². The third-order valence-electron chi connectivity index (χ3n) is 3.47. The number of rotatable bonds is 2. The predicted octanol–water partition coefficient (Wildman–Crippen LogP) is 5.19. The summed E-state index contributed by atoms with van der Waals surface area (Å²) in [5.41, 5.74) is 8.21. The molecule has 1 atom stereocenters. The molecule has 3 aromatic rings. The molecule has 0 aromatic heterocycles. The molecule has 0 amide bonds. The van der Waals surface area contributed by atoms with Gasteiger partial charge in [0.25, 0.3) is 0 Å². The largest absolute Gasteiger partial charge is 0.320 e. The number of fused-ring (bicyclic) bond motifs is 1. The number of hydrogen-bond acceptors (Lipinski definition) is 1. The van der Waals surface area contributed by atoms with Gasteiger partial charge in [-0.15, -0.1) is 0 Å². The summed E-state index contributed by atoms with van der Waals surface area (Å²) in [6, 6.07) is 19.4. The first-order valence-corrected chi connectivity index (χ1v) is 7.11. The van der Waals surface area contributed by atoms with Crippen LogP contribution < -0.4 is 5.73 Å². The Labute approximate surface area is 127 Å². The van der Waals surface area contributed by atoms with Crippen LogP contribution in [0.3, 0.4) is 0 Å². The Morgan fingerprint density at radius 1 is 0.750 bits per heavy atom. The molecule has 3 rings (SSSR count). The van der Waals surface area contributed by atoms with Crippen LogP contribution in [-0.4, -0.2) is 0 Å². The van der Waals surface area contributed by atoms with Gasteiger partial charge in [0.05, 0.1) is 6.04 Å². The van der Waals surface area contributed by atoms with Crippen molar-refractivity contribution >= 4 is 34.0 Å². The van der Waals surface area contributed by atoms with E-state index >= 15 is 0 Å². The molecule has 3 aromatic carbocycles. The molecule has 0 aliphatic carbocycles. The fraction of sp³-hybridized carbons (Fsp3) is 0.0588. The third-order valence-corrected chi connectivity index (χ3v) is 4.13. The van der Waals surface area contributed by atoms with Gasteiger partial charge in [0.2, 0.25) is 0 Å². The summed E-state index contributed by atoms with van der Waals surface area (Å²) in [5, 5.41) is 3.47. The molecule has 0 saturated carbocycles. The standard InChI is InChI=1S/C17H13Cl2N/c18-14-9-4-10-15(19)16(14)17(20)13-8-3-6-11-5-1-2-7-12(11)13/h1-10,17H,20H2. The van der Waals surface area contributed by atoms with E-state index in [1.54, 1.807) is 0 Å². The van der Waals surface area contributed by atoms with E-state index in [4.69, 9.17) is 28.9 Å². The maximum atomic E-state index is 6.42. The molecule has 3 heteroatoms. The van der Waals surface area contributed by atoms with Gasteiger partial charge < -0.3 is 5.73 Å². The van der Waals surface area contributed by atoms with Crippen LogP contribution in [-0.2, 0) is 0 Å². The molecule has 0 aliphatic heterocycles. The molecule has 0 saturated heterocycles. The zero-order valence-electron chi connectivity index (χ0n) is 10.7. The van der Waals surface area contributed by atoms with Gasteiger partial charge in [-0.05, 0) is 28.5 Å². The average Bonchev–Trinajstić information content (AvgIpc) is 2.46. The van der Waals surface area contributed by atoms with Gasteiger partial charge in [-0.2, -0.15) is 0 Å². The van der Waals surface area contributed by atoms with Crippen molar-refractivity contribution in [3.05, 3.63) is 81.8 Å². The molecule has 0 aliphatic rings. The van der Waals surface area contributed by atoms with E-state index in [-0.39, 0.29) is 6.04 Å². The molecule has 1 nitrogen and oxygen atoms in total. The first-order chi connectivity index (χ1) is 9.68. The highest BCUT2D eigenvalue weighted by Crippen LogP contribution is 2.35. The Morgan fingerprint density at radius 3 is 2.10 bits per heavy atom. The zero-order chi connectivity index (χ0) is 14.1. The van der Waals surface area contributed by atoms with Crippen molar-refractivity contribution in [2.24, 2.45) is 5.73 Å². The Bertz CT molecular complexity index is 742. The summed E-state index contributed by atoms with van der Waals surface area (Å²) in [6.07, 6.45) is 0. The minimum Gasteiger partial charge on any atom is -0.320 e. The first-order valence-electron chi connectivity index (χ1n) is 6.35. The molecular formula is C17H13Cl2N. The molecule has 2 N–H and O–H groups in total. The molecule has 0 bridgehead atoms. The number of nitrogens with two attached hydrogens (primary N) is 1. The number of benzene rings is 3. The van der Waals surface area contributed by atoms with E-state index in [0.29, 0.717) is 10.0 Å². The fourth-order valence-corrected chi connectivity index (χ4v) is 3.12. The van der Waals surface area contributed by atoms with Crippen LogP contribution in [0.5, 0.6) is 0 Å². The van der Waals surface area contributed by atoms with Crippen LogP contribution in [0.1, 0.15) is 17.2 Å². The van der Waals surface area contributed by atoms with E-state index in [9.17, 15) is 0 Å². The van der Waals surface area contributed by atoms with Gasteiger partial charge >= 0.3 is 0 Å². The Morgan fingerprint density at radius 2 is 1.35 bits per heavy atom. The van der Waals surface area contributed by atoms with Crippen molar-refractivity contribution in [2.45, 2.75) is 6.04 Å². The Kier molecular flexibility index (Phi) is 3.66. The second-order valence-corrected chi connectivity index (χ2v) is 5.50. The molecule has 0 radical (unpaired) electrons. The Balaban J connectivity index is 2.21. The molecular weight excluding hydrogens is 289 g/mol. The van der Waals surface area contributed by atoms with Crippen LogP contribution in [0.15, 0.2) is 60.7 Å². The molecule has 0 fully saturated rings. The molecule has 100 valence electrons. The van der Waals surface area contributed by atoms with E-state index in [2.05, 4.69) is 18.2 Å². The highest BCUT2D eigenvalue weighted by Gasteiger charge is 2.17. The Hall–Kier alpha value is -1.54. The maximum Gasteiger partial charge on any atom is 0.0587 e. The minimum absolute atomic E-state index is 0.345. The van der Waals surface area contributed by atoms with Crippen molar-refractivity contribution in [3.63, 3.8) is 0 Å². The van der Waals surface area contributed by atoms with Gasteiger partial charge in [0.15, 0.2) is 0 Å². The van der Waals surface area contributed by atoms with Crippen LogP contribution in [0.2, 0.25) is 10.0 Å². The van der Waals surface area contributed by atoms with Gasteiger partial charge in [-0.3, -0.25) is 0 Å². The molecule has 0 heterocycles. The molecule has 0 spiro atoms. The smallest absolute Gasteiger partial charge is 0.0587 e. The fourth-order valence-electron chi connectivity index (χ4n) is 2.48. The van der Waals surface area contributed by atoms with Gasteiger partial charge in [-0.25, -0.2) is 0 Å². The highest BCUT2D eigenvalue weighted by molar-refractivity contribution is 6.36. The predicted molar refractivity (Wildman–Crippen MR) is 86.4 cm³/mol. The quantitative estimate of drug-likeness (QED) is 0.692. The average molecular weight is 302 g/mol. The number of halogens is 2. The lowest BCUT2D eigenvalue weighted by atomic mass is 9.94. The molecule has 1 unspecified atom stereocenters. The van der Waals surface area contributed by atoms with Gasteiger partial charge in [-0.1, -0.05) is 71.7 Å². The van der Waals surface area contributed by atoms with Crippen molar-refractivity contribution in [3.8, 4) is 0 Å². The topological polar surface area (TPSA) is 26.0 Å². The van der Waals surface area contributed by atoms with Crippen molar-refractivity contribution in [2.75, 3.05) is 0 Å². The summed E-state index contributed by atoms with van der Waals surface area (Å²) < 4.78 is 0. The summed E-state index contributed by atoms with van der Waals surface area (Å²) >= 11 is 12.5. The summed E-state index contributed by atoms with van der Waals surface area (Å²) in [7, 11) is 0. The lowest BCUT2D eigenvalue weighted by molar-refractivity contribution is 0.881. The summed E-state index contributed by atoms with van der Waals surface area (Å²) in [5.74, 6) is 0. The normalized spacial score (nSPS) is 12.6. The van der Waals surface area contributed by atoms with Crippen molar-refractivity contribution in [1.29, 1.82) is 0 Å². The maximum absolute atomic E-state index is 6.42. The van der Waals surface area contributed by atoms with E-state index in [0.717, 1.165) is 21.9 Å². The van der Waals surface area contributed by atoms with E-state index < -0.39 is 0 Å².